The summed E-state index contributed by atoms with van der Waals surface area (Å²) >= 11 is 0. The van der Waals surface area contributed by atoms with Crippen molar-refractivity contribution in [2.45, 2.75) is 34.6 Å². The van der Waals surface area contributed by atoms with Gasteiger partial charge in [0, 0.05) is 11.0 Å². The lowest BCUT2D eigenvalue weighted by molar-refractivity contribution is -0.125. The van der Waals surface area contributed by atoms with Crippen LogP contribution in [-0.2, 0) is 4.79 Å². The molecule has 0 bridgehead atoms. The second kappa shape index (κ2) is 5.34. The van der Waals surface area contributed by atoms with Crippen molar-refractivity contribution in [3.05, 3.63) is 34.9 Å². The SMILES string of the molecule is Cc1ccc(C)c(C(=O)NCC(=O)C(C)(C)C)c1. The van der Waals surface area contributed by atoms with Gasteiger partial charge in [0.15, 0.2) is 5.78 Å². The molecule has 1 rings (SSSR count). The number of Topliss-reactive ketones (excluding diaryl/α,β-unsaturated/α-hetero) is 1. The summed E-state index contributed by atoms with van der Waals surface area (Å²) in [4.78, 5) is 23.7. The van der Waals surface area contributed by atoms with Crippen molar-refractivity contribution in [3.8, 4) is 0 Å². The molecule has 98 valence electrons. The summed E-state index contributed by atoms with van der Waals surface area (Å²) in [6.45, 7) is 9.45. The monoisotopic (exact) mass is 247 g/mol. The maximum absolute atomic E-state index is 12.0. The van der Waals surface area contributed by atoms with Crippen LogP contribution in [0.3, 0.4) is 0 Å². The number of carbonyl (C=O) groups is 2. The third kappa shape index (κ3) is 3.69. The summed E-state index contributed by atoms with van der Waals surface area (Å²) in [6.07, 6.45) is 0. The second-order valence-corrected chi connectivity index (χ2v) is 5.67. The summed E-state index contributed by atoms with van der Waals surface area (Å²) in [5.74, 6) is -0.157. The highest BCUT2D eigenvalue weighted by atomic mass is 16.2. The fraction of sp³-hybridized carbons (Fsp3) is 0.467. The summed E-state index contributed by atoms with van der Waals surface area (Å²) in [5.41, 5.74) is 2.17. The van der Waals surface area contributed by atoms with E-state index < -0.39 is 5.41 Å². The zero-order valence-corrected chi connectivity index (χ0v) is 11.8. The average Bonchev–Trinajstić information content (AvgIpc) is 2.27. The van der Waals surface area contributed by atoms with Gasteiger partial charge < -0.3 is 5.32 Å². The van der Waals surface area contributed by atoms with Crippen LogP contribution in [0.2, 0.25) is 0 Å². The van der Waals surface area contributed by atoms with E-state index in [1.165, 1.54) is 0 Å². The van der Waals surface area contributed by atoms with Gasteiger partial charge in [-0.25, -0.2) is 0 Å². The topological polar surface area (TPSA) is 46.2 Å². The summed E-state index contributed by atoms with van der Waals surface area (Å²) in [7, 11) is 0. The first-order valence-electron chi connectivity index (χ1n) is 6.10. The number of hydrogen-bond acceptors (Lipinski definition) is 2. The second-order valence-electron chi connectivity index (χ2n) is 5.67. The quantitative estimate of drug-likeness (QED) is 0.892. The smallest absolute Gasteiger partial charge is 0.251 e. The van der Waals surface area contributed by atoms with E-state index in [1.807, 2.05) is 52.8 Å². The Morgan fingerprint density at radius 2 is 1.78 bits per heavy atom. The molecule has 1 aromatic rings. The zero-order chi connectivity index (χ0) is 13.9. The van der Waals surface area contributed by atoms with E-state index in [1.54, 1.807) is 0 Å². The van der Waals surface area contributed by atoms with Crippen LogP contribution in [0.5, 0.6) is 0 Å². The Kier molecular flexibility index (Phi) is 4.28. The van der Waals surface area contributed by atoms with Crippen LogP contribution in [0.1, 0.15) is 42.3 Å². The van der Waals surface area contributed by atoms with Gasteiger partial charge >= 0.3 is 0 Å². The minimum absolute atomic E-state index is 0.0288. The van der Waals surface area contributed by atoms with E-state index in [4.69, 9.17) is 0 Å². The van der Waals surface area contributed by atoms with E-state index in [0.717, 1.165) is 11.1 Å². The number of aryl methyl sites for hydroxylation is 2. The van der Waals surface area contributed by atoms with Crippen LogP contribution in [0.25, 0.3) is 0 Å². The van der Waals surface area contributed by atoms with Gasteiger partial charge in [-0.1, -0.05) is 38.5 Å². The van der Waals surface area contributed by atoms with E-state index in [-0.39, 0.29) is 18.2 Å². The first kappa shape index (κ1) is 14.4. The van der Waals surface area contributed by atoms with Crippen LogP contribution in [-0.4, -0.2) is 18.2 Å². The molecular formula is C15H21NO2. The minimum atomic E-state index is -0.422. The van der Waals surface area contributed by atoms with Gasteiger partial charge in [0.25, 0.3) is 5.91 Å². The van der Waals surface area contributed by atoms with Gasteiger partial charge in [-0.3, -0.25) is 9.59 Å². The Hall–Kier alpha value is -1.64. The molecule has 0 radical (unpaired) electrons. The van der Waals surface area contributed by atoms with Crippen LogP contribution in [0, 0.1) is 19.3 Å². The van der Waals surface area contributed by atoms with Gasteiger partial charge in [0.05, 0.1) is 6.54 Å². The molecule has 0 heterocycles. The Labute approximate surface area is 109 Å². The van der Waals surface area contributed by atoms with E-state index in [9.17, 15) is 9.59 Å². The summed E-state index contributed by atoms with van der Waals surface area (Å²) in [6, 6.07) is 5.72. The van der Waals surface area contributed by atoms with Gasteiger partial charge in [-0.2, -0.15) is 0 Å². The van der Waals surface area contributed by atoms with Gasteiger partial charge in [0.2, 0.25) is 0 Å². The van der Waals surface area contributed by atoms with Gasteiger partial charge in [-0.15, -0.1) is 0 Å². The van der Waals surface area contributed by atoms with Crippen LogP contribution in [0.15, 0.2) is 18.2 Å². The van der Waals surface area contributed by atoms with Gasteiger partial charge in [0.1, 0.15) is 0 Å². The standard InChI is InChI=1S/C15H21NO2/c1-10-6-7-11(2)12(8-10)14(18)16-9-13(17)15(3,4)5/h6-8H,9H2,1-5H3,(H,16,18). The maximum atomic E-state index is 12.0. The molecule has 0 aliphatic carbocycles. The maximum Gasteiger partial charge on any atom is 0.251 e. The highest BCUT2D eigenvalue weighted by Crippen LogP contribution is 2.14. The fourth-order valence-corrected chi connectivity index (χ4v) is 1.50. The molecule has 1 aromatic carbocycles. The Morgan fingerprint density at radius 1 is 1.17 bits per heavy atom. The molecule has 0 saturated heterocycles. The number of hydrogen-bond donors (Lipinski definition) is 1. The van der Waals surface area contributed by atoms with Crippen molar-refractivity contribution in [1.82, 2.24) is 5.32 Å². The summed E-state index contributed by atoms with van der Waals surface area (Å²) < 4.78 is 0. The van der Waals surface area contributed by atoms with Crippen molar-refractivity contribution in [1.29, 1.82) is 0 Å². The molecule has 0 aliphatic heterocycles. The number of carbonyl (C=O) groups excluding carboxylic acids is 2. The molecule has 0 atom stereocenters. The highest BCUT2D eigenvalue weighted by molar-refractivity contribution is 5.98. The molecular weight excluding hydrogens is 226 g/mol. The lowest BCUT2D eigenvalue weighted by Crippen LogP contribution is -2.35. The van der Waals surface area contributed by atoms with E-state index in [0.29, 0.717) is 5.56 Å². The third-order valence-corrected chi connectivity index (χ3v) is 2.88. The largest absolute Gasteiger partial charge is 0.345 e. The average molecular weight is 247 g/mol. The minimum Gasteiger partial charge on any atom is -0.345 e. The number of rotatable bonds is 3. The van der Waals surface area contributed by atoms with Crippen LogP contribution >= 0.6 is 0 Å². The van der Waals surface area contributed by atoms with Crippen LogP contribution in [0.4, 0.5) is 0 Å². The first-order chi connectivity index (χ1) is 8.21. The predicted octanol–water partition coefficient (Wildman–Crippen LogP) is 2.65. The number of benzene rings is 1. The van der Waals surface area contributed by atoms with E-state index >= 15 is 0 Å². The van der Waals surface area contributed by atoms with Crippen molar-refractivity contribution < 1.29 is 9.59 Å². The molecule has 0 saturated carbocycles. The molecule has 0 aromatic heterocycles. The first-order valence-corrected chi connectivity index (χ1v) is 6.10. The normalized spacial score (nSPS) is 11.2. The Morgan fingerprint density at radius 3 is 2.33 bits per heavy atom. The molecule has 0 fully saturated rings. The van der Waals surface area contributed by atoms with Crippen molar-refractivity contribution in [2.75, 3.05) is 6.54 Å². The van der Waals surface area contributed by atoms with Crippen molar-refractivity contribution in [2.24, 2.45) is 5.41 Å². The molecule has 1 N–H and O–H groups in total. The summed E-state index contributed by atoms with van der Waals surface area (Å²) in [5, 5.41) is 2.68. The predicted molar refractivity (Wildman–Crippen MR) is 72.7 cm³/mol. The molecule has 0 aliphatic rings. The van der Waals surface area contributed by atoms with Gasteiger partial charge in [-0.05, 0) is 25.5 Å². The lowest BCUT2D eigenvalue weighted by Gasteiger charge is -2.17. The Bertz CT molecular complexity index is 470. The van der Waals surface area contributed by atoms with Crippen molar-refractivity contribution in [3.63, 3.8) is 0 Å². The molecule has 0 spiro atoms. The zero-order valence-electron chi connectivity index (χ0n) is 11.8. The number of ketones is 1. The van der Waals surface area contributed by atoms with E-state index in [2.05, 4.69) is 5.32 Å². The lowest BCUT2D eigenvalue weighted by atomic mass is 9.91. The fourth-order valence-electron chi connectivity index (χ4n) is 1.50. The van der Waals surface area contributed by atoms with Crippen molar-refractivity contribution >= 4 is 11.7 Å². The molecule has 1 amide bonds. The molecule has 3 heteroatoms. The third-order valence-electron chi connectivity index (χ3n) is 2.88. The molecule has 0 unspecified atom stereocenters. The number of amides is 1. The molecule has 3 nitrogen and oxygen atoms in total. The van der Waals surface area contributed by atoms with Crippen LogP contribution < -0.4 is 5.32 Å². The highest BCUT2D eigenvalue weighted by Gasteiger charge is 2.21. The Balaban J connectivity index is 2.72. The number of nitrogens with one attached hydrogen (secondary N) is 1. The molecule has 18 heavy (non-hydrogen) atoms.